The molecule has 0 aliphatic heterocycles. The fourth-order valence-electron chi connectivity index (χ4n) is 0.315. The molecule has 0 heterocycles. The van der Waals surface area contributed by atoms with Gasteiger partial charge in [0.05, 0.1) is 0 Å². The monoisotopic (exact) mass is 193 g/mol. The first-order chi connectivity index (χ1) is 4.37. The number of halogens is 4. The molecule has 70 valence electrons. The Labute approximate surface area is 69.3 Å². The van der Waals surface area contributed by atoms with E-state index in [0.29, 0.717) is 0 Å². The predicted octanol–water partition coefficient (Wildman–Crippen LogP) is 1.33. The van der Waals surface area contributed by atoms with Crippen LogP contribution in [0.2, 0.25) is 0 Å². The molecule has 1 unspecified atom stereocenters. The minimum absolute atomic E-state index is 0. The molecule has 0 aliphatic rings. The number of hydrogen-bond acceptors (Lipinski definition) is 2. The van der Waals surface area contributed by atoms with E-state index >= 15 is 0 Å². The van der Waals surface area contributed by atoms with E-state index in [-0.39, 0.29) is 12.4 Å². The first-order valence-corrected chi connectivity index (χ1v) is 2.69. The fraction of sp³-hybridized carbons (Fsp3) is 1.00. The van der Waals surface area contributed by atoms with Crippen LogP contribution in [0.15, 0.2) is 0 Å². The number of rotatable bonds is 2. The summed E-state index contributed by atoms with van der Waals surface area (Å²) in [4.78, 5) is 0. The van der Waals surface area contributed by atoms with Gasteiger partial charge < -0.3 is 10.5 Å². The van der Waals surface area contributed by atoms with Gasteiger partial charge >= 0.3 is 6.18 Å². The lowest BCUT2D eigenvalue weighted by Gasteiger charge is -2.28. The van der Waals surface area contributed by atoms with Gasteiger partial charge in [-0.3, -0.25) is 0 Å². The summed E-state index contributed by atoms with van der Waals surface area (Å²) < 4.78 is 39.9. The van der Waals surface area contributed by atoms with Crippen LogP contribution >= 0.6 is 12.4 Å². The zero-order valence-electron chi connectivity index (χ0n) is 6.23. The lowest BCUT2D eigenvalue weighted by Crippen LogP contribution is -2.50. The van der Waals surface area contributed by atoms with E-state index in [0.717, 1.165) is 14.0 Å². The molecule has 0 amide bonds. The van der Waals surface area contributed by atoms with Gasteiger partial charge in [0, 0.05) is 13.7 Å². The van der Waals surface area contributed by atoms with Crippen LogP contribution in [-0.4, -0.2) is 25.4 Å². The number of methoxy groups -OCH3 is 1. The first kappa shape index (κ1) is 13.6. The highest BCUT2D eigenvalue weighted by atomic mass is 35.5. The highest BCUT2D eigenvalue weighted by Crippen LogP contribution is 2.31. The second-order valence-corrected chi connectivity index (χ2v) is 2.14. The quantitative estimate of drug-likeness (QED) is 0.718. The van der Waals surface area contributed by atoms with Crippen molar-refractivity contribution < 1.29 is 17.9 Å². The van der Waals surface area contributed by atoms with Gasteiger partial charge in [0.1, 0.15) is 0 Å². The van der Waals surface area contributed by atoms with Crippen molar-refractivity contribution in [2.45, 2.75) is 18.7 Å². The Morgan fingerprint density at radius 1 is 1.36 bits per heavy atom. The zero-order valence-corrected chi connectivity index (χ0v) is 7.05. The van der Waals surface area contributed by atoms with Crippen molar-refractivity contribution in [1.29, 1.82) is 0 Å². The molecule has 2 N–H and O–H groups in total. The maximum absolute atomic E-state index is 11.9. The maximum atomic E-state index is 11.9. The summed E-state index contributed by atoms with van der Waals surface area (Å²) in [6, 6.07) is 0. The van der Waals surface area contributed by atoms with Crippen LogP contribution in [-0.2, 0) is 4.74 Å². The number of alkyl halides is 3. The Hall–Kier alpha value is -0.0000000000000000555. The summed E-state index contributed by atoms with van der Waals surface area (Å²) in [7, 11) is 0.986. The van der Waals surface area contributed by atoms with Crippen LogP contribution in [0.3, 0.4) is 0 Å². The highest BCUT2D eigenvalue weighted by molar-refractivity contribution is 5.85. The van der Waals surface area contributed by atoms with Crippen molar-refractivity contribution in [1.82, 2.24) is 0 Å². The van der Waals surface area contributed by atoms with Crippen molar-refractivity contribution in [2.75, 3.05) is 13.7 Å². The summed E-state index contributed by atoms with van der Waals surface area (Å²) in [5.74, 6) is 0. The van der Waals surface area contributed by atoms with Crippen molar-refractivity contribution >= 4 is 12.4 Å². The molecule has 0 spiro atoms. The van der Waals surface area contributed by atoms with E-state index in [1.54, 1.807) is 0 Å². The molecule has 0 bridgehead atoms. The molecule has 1 atom stereocenters. The van der Waals surface area contributed by atoms with Gasteiger partial charge in [-0.15, -0.1) is 12.4 Å². The average molecular weight is 194 g/mol. The van der Waals surface area contributed by atoms with Crippen LogP contribution in [0.1, 0.15) is 6.92 Å². The van der Waals surface area contributed by atoms with Crippen LogP contribution in [0.25, 0.3) is 0 Å². The Balaban J connectivity index is 0. The lowest BCUT2D eigenvalue weighted by atomic mass is 10.1. The molecule has 0 rings (SSSR count). The third kappa shape index (κ3) is 2.84. The molecule has 0 aliphatic carbocycles. The molecular formula is C5H11ClF3NO. The van der Waals surface area contributed by atoms with Crippen molar-refractivity contribution in [2.24, 2.45) is 5.73 Å². The van der Waals surface area contributed by atoms with E-state index < -0.39 is 18.3 Å². The molecule has 11 heavy (non-hydrogen) atoms. The van der Waals surface area contributed by atoms with Gasteiger partial charge in [-0.2, -0.15) is 13.2 Å². The highest BCUT2D eigenvalue weighted by Gasteiger charge is 2.50. The zero-order chi connectivity index (χ0) is 8.41. The summed E-state index contributed by atoms with van der Waals surface area (Å²) >= 11 is 0. The molecule has 2 nitrogen and oxygen atoms in total. The lowest BCUT2D eigenvalue weighted by molar-refractivity contribution is -0.258. The van der Waals surface area contributed by atoms with Crippen LogP contribution in [0, 0.1) is 0 Å². The predicted molar refractivity (Wildman–Crippen MR) is 37.8 cm³/mol. The van der Waals surface area contributed by atoms with Crippen molar-refractivity contribution in [3.63, 3.8) is 0 Å². The van der Waals surface area contributed by atoms with Gasteiger partial charge in [-0.25, -0.2) is 0 Å². The second kappa shape index (κ2) is 4.13. The van der Waals surface area contributed by atoms with Gasteiger partial charge in [-0.05, 0) is 6.92 Å². The van der Waals surface area contributed by atoms with E-state index in [9.17, 15) is 13.2 Å². The number of ether oxygens (including phenoxy) is 1. The summed E-state index contributed by atoms with van der Waals surface area (Å²) in [6.07, 6.45) is -4.39. The molecule has 0 saturated carbocycles. The third-order valence-corrected chi connectivity index (χ3v) is 1.44. The topological polar surface area (TPSA) is 35.2 Å². The Kier molecular flexibility index (Phi) is 5.10. The van der Waals surface area contributed by atoms with Crippen LogP contribution < -0.4 is 5.73 Å². The maximum Gasteiger partial charge on any atom is 0.418 e. The smallest absolute Gasteiger partial charge is 0.368 e. The molecule has 0 aromatic rings. The Morgan fingerprint density at radius 3 is 1.73 bits per heavy atom. The largest absolute Gasteiger partial charge is 0.418 e. The molecular weight excluding hydrogens is 183 g/mol. The second-order valence-electron chi connectivity index (χ2n) is 2.14. The van der Waals surface area contributed by atoms with Gasteiger partial charge in [0.15, 0.2) is 5.60 Å². The summed E-state index contributed by atoms with van der Waals surface area (Å²) in [5.41, 5.74) is 2.66. The molecule has 0 fully saturated rings. The van der Waals surface area contributed by atoms with Gasteiger partial charge in [0.25, 0.3) is 0 Å². The number of nitrogens with two attached hydrogens (primary N) is 1. The molecule has 6 heteroatoms. The molecule has 0 radical (unpaired) electrons. The third-order valence-electron chi connectivity index (χ3n) is 1.44. The van der Waals surface area contributed by atoms with Gasteiger partial charge in [-0.1, -0.05) is 0 Å². The van der Waals surface area contributed by atoms with Crippen molar-refractivity contribution in [3.8, 4) is 0 Å². The summed E-state index contributed by atoms with van der Waals surface area (Å²) in [6.45, 7) is 0.347. The van der Waals surface area contributed by atoms with Gasteiger partial charge in [0.2, 0.25) is 0 Å². The normalized spacial score (nSPS) is 16.9. The SMILES string of the molecule is COC(C)(CN)C(F)(F)F.Cl. The Morgan fingerprint density at radius 2 is 1.73 bits per heavy atom. The molecule has 0 saturated heterocycles. The van der Waals surface area contributed by atoms with E-state index in [1.165, 1.54) is 0 Å². The minimum atomic E-state index is -4.39. The Bertz CT molecular complexity index is 113. The summed E-state index contributed by atoms with van der Waals surface area (Å²) in [5, 5.41) is 0. The van der Waals surface area contributed by atoms with Crippen LogP contribution in [0.5, 0.6) is 0 Å². The molecule has 0 aromatic heterocycles. The van der Waals surface area contributed by atoms with Crippen LogP contribution in [0.4, 0.5) is 13.2 Å². The molecule has 0 aromatic carbocycles. The standard InChI is InChI=1S/C5H10F3NO.ClH/c1-4(3-9,10-2)5(6,7)8;/h3,9H2,1-2H3;1H. The van der Waals surface area contributed by atoms with Crippen molar-refractivity contribution in [3.05, 3.63) is 0 Å². The number of hydrogen-bond donors (Lipinski definition) is 1. The first-order valence-electron chi connectivity index (χ1n) is 2.69. The van der Waals surface area contributed by atoms with E-state index in [4.69, 9.17) is 5.73 Å². The minimum Gasteiger partial charge on any atom is -0.368 e. The van der Waals surface area contributed by atoms with E-state index in [2.05, 4.69) is 4.74 Å². The fourth-order valence-corrected chi connectivity index (χ4v) is 0.315. The van der Waals surface area contributed by atoms with E-state index in [1.807, 2.05) is 0 Å². The average Bonchev–Trinajstić information content (AvgIpc) is 1.84.